The fourth-order valence-corrected chi connectivity index (χ4v) is 1.53. The number of aryl methyl sites for hydroxylation is 1. The Hall–Kier alpha value is -1.91. The van der Waals surface area contributed by atoms with Gasteiger partial charge in [0, 0.05) is 18.0 Å². The molecule has 0 radical (unpaired) electrons. The minimum atomic E-state index is -4.32. The van der Waals surface area contributed by atoms with Gasteiger partial charge in [-0.15, -0.1) is 0 Å². The molecule has 0 unspecified atom stereocenters. The zero-order valence-electron chi connectivity index (χ0n) is 8.99. The molecule has 2 rings (SSSR count). The van der Waals surface area contributed by atoms with Crippen LogP contribution >= 0.6 is 0 Å². The van der Waals surface area contributed by atoms with Gasteiger partial charge in [0.25, 0.3) is 0 Å². The van der Waals surface area contributed by atoms with E-state index >= 15 is 0 Å². The summed E-state index contributed by atoms with van der Waals surface area (Å²) >= 11 is 0. The van der Waals surface area contributed by atoms with Crippen molar-refractivity contribution in [3.8, 4) is 11.4 Å². The molecule has 2 aromatic rings. The summed E-state index contributed by atoms with van der Waals surface area (Å²) in [6, 6.07) is 5.20. The van der Waals surface area contributed by atoms with Crippen molar-refractivity contribution in [3.05, 3.63) is 47.8 Å². The Morgan fingerprint density at radius 2 is 1.71 bits per heavy atom. The first-order chi connectivity index (χ1) is 7.98. The minimum absolute atomic E-state index is 0.429. The highest BCUT2D eigenvalue weighted by atomic mass is 19.4. The first-order valence-electron chi connectivity index (χ1n) is 4.94. The zero-order valence-corrected chi connectivity index (χ0v) is 8.99. The van der Waals surface area contributed by atoms with Crippen molar-refractivity contribution in [3.63, 3.8) is 0 Å². The van der Waals surface area contributed by atoms with E-state index in [1.54, 1.807) is 25.4 Å². The predicted octanol–water partition coefficient (Wildman–Crippen LogP) is 3.47. The fourth-order valence-electron chi connectivity index (χ4n) is 1.53. The molecule has 0 aliphatic heterocycles. The summed E-state index contributed by atoms with van der Waals surface area (Å²) in [5.41, 5.74) is 0.458. The van der Waals surface area contributed by atoms with Gasteiger partial charge in [-0.1, -0.05) is 6.07 Å². The second kappa shape index (κ2) is 4.16. The molecule has 0 N–H and O–H groups in total. The van der Waals surface area contributed by atoms with E-state index in [9.17, 15) is 13.2 Å². The monoisotopic (exact) mass is 238 g/mol. The Labute approximate surface area is 96.2 Å². The molecule has 0 bridgehead atoms. The van der Waals surface area contributed by atoms with Crippen LogP contribution in [-0.4, -0.2) is 9.97 Å². The third kappa shape index (κ3) is 2.43. The summed E-state index contributed by atoms with van der Waals surface area (Å²) < 4.78 is 37.4. The molecule has 1 aromatic heterocycles. The van der Waals surface area contributed by atoms with Crippen LogP contribution in [0.2, 0.25) is 0 Å². The molecular formula is C12H9F3N2. The van der Waals surface area contributed by atoms with Crippen molar-refractivity contribution < 1.29 is 13.2 Å². The van der Waals surface area contributed by atoms with Crippen LogP contribution in [0.5, 0.6) is 0 Å². The molecule has 0 atom stereocenters. The SMILES string of the molecule is Cc1cc(C(F)(F)F)ccc1-c1ncccn1. The fraction of sp³-hybridized carbons (Fsp3) is 0.167. The lowest BCUT2D eigenvalue weighted by Gasteiger charge is -2.10. The van der Waals surface area contributed by atoms with Crippen molar-refractivity contribution in [2.24, 2.45) is 0 Å². The van der Waals surface area contributed by atoms with Crippen molar-refractivity contribution in [2.45, 2.75) is 13.1 Å². The lowest BCUT2D eigenvalue weighted by molar-refractivity contribution is -0.137. The Bertz CT molecular complexity index is 521. The lowest BCUT2D eigenvalue weighted by Crippen LogP contribution is -2.05. The maximum atomic E-state index is 12.5. The van der Waals surface area contributed by atoms with Gasteiger partial charge < -0.3 is 0 Å². The highest BCUT2D eigenvalue weighted by molar-refractivity contribution is 5.60. The summed E-state index contributed by atoms with van der Waals surface area (Å²) in [7, 11) is 0. The van der Waals surface area contributed by atoms with E-state index in [0.29, 0.717) is 17.0 Å². The van der Waals surface area contributed by atoms with Gasteiger partial charge in [-0.25, -0.2) is 9.97 Å². The molecule has 0 spiro atoms. The second-order valence-corrected chi connectivity index (χ2v) is 3.60. The van der Waals surface area contributed by atoms with Gasteiger partial charge in [0.05, 0.1) is 5.56 Å². The highest BCUT2D eigenvalue weighted by Gasteiger charge is 2.30. The van der Waals surface area contributed by atoms with E-state index in [4.69, 9.17) is 0 Å². The summed E-state index contributed by atoms with van der Waals surface area (Å²) in [5, 5.41) is 0. The molecule has 1 aromatic carbocycles. The van der Waals surface area contributed by atoms with Gasteiger partial charge in [-0.2, -0.15) is 13.2 Å². The molecule has 2 nitrogen and oxygen atoms in total. The highest BCUT2D eigenvalue weighted by Crippen LogP contribution is 2.32. The summed E-state index contributed by atoms with van der Waals surface area (Å²) in [6.45, 7) is 1.61. The van der Waals surface area contributed by atoms with E-state index in [1.807, 2.05) is 0 Å². The van der Waals surface area contributed by atoms with E-state index in [-0.39, 0.29) is 0 Å². The predicted molar refractivity (Wildman–Crippen MR) is 57.2 cm³/mol. The molecule has 17 heavy (non-hydrogen) atoms. The molecule has 0 saturated carbocycles. The van der Waals surface area contributed by atoms with Crippen LogP contribution in [0.4, 0.5) is 13.2 Å². The van der Waals surface area contributed by atoms with Gasteiger partial charge in [0.1, 0.15) is 0 Å². The normalized spacial score (nSPS) is 11.5. The summed E-state index contributed by atoms with van der Waals surface area (Å²) in [6.07, 6.45) is -1.21. The van der Waals surface area contributed by atoms with Gasteiger partial charge in [0.2, 0.25) is 0 Å². The molecule has 0 saturated heterocycles. The molecular weight excluding hydrogens is 229 g/mol. The third-order valence-corrected chi connectivity index (χ3v) is 2.36. The minimum Gasteiger partial charge on any atom is -0.237 e. The Morgan fingerprint density at radius 3 is 2.24 bits per heavy atom. The number of alkyl halides is 3. The van der Waals surface area contributed by atoms with Crippen molar-refractivity contribution in [1.29, 1.82) is 0 Å². The maximum absolute atomic E-state index is 12.5. The average Bonchev–Trinajstić information content (AvgIpc) is 2.29. The second-order valence-electron chi connectivity index (χ2n) is 3.60. The summed E-state index contributed by atoms with van der Waals surface area (Å²) in [5.74, 6) is 0.429. The molecule has 0 fully saturated rings. The van der Waals surface area contributed by atoms with Crippen molar-refractivity contribution in [2.75, 3.05) is 0 Å². The van der Waals surface area contributed by atoms with E-state index in [0.717, 1.165) is 12.1 Å². The Balaban J connectivity index is 2.46. The topological polar surface area (TPSA) is 25.8 Å². The van der Waals surface area contributed by atoms with Gasteiger partial charge in [0.15, 0.2) is 5.82 Å². The number of hydrogen-bond acceptors (Lipinski definition) is 2. The molecule has 0 amide bonds. The largest absolute Gasteiger partial charge is 0.416 e. The first-order valence-corrected chi connectivity index (χ1v) is 4.94. The number of halogens is 3. The maximum Gasteiger partial charge on any atom is 0.416 e. The first kappa shape index (κ1) is 11.6. The van der Waals surface area contributed by atoms with Crippen LogP contribution in [0.25, 0.3) is 11.4 Å². The molecule has 5 heteroatoms. The summed E-state index contributed by atoms with van der Waals surface area (Å²) in [4.78, 5) is 8.02. The number of hydrogen-bond donors (Lipinski definition) is 0. The smallest absolute Gasteiger partial charge is 0.237 e. The molecule has 88 valence electrons. The molecule has 1 heterocycles. The van der Waals surface area contributed by atoms with Crippen molar-refractivity contribution >= 4 is 0 Å². The van der Waals surface area contributed by atoms with Crippen LogP contribution in [0.3, 0.4) is 0 Å². The average molecular weight is 238 g/mol. The molecule has 0 aliphatic rings. The molecule has 0 aliphatic carbocycles. The van der Waals surface area contributed by atoms with Gasteiger partial charge in [-0.3, -0.25) is 0 Å². The van der Waals surface area contributed by atoms with E-state index < -0.39 is 11.7 Å². The van der Waals surface area contributed by atoms with Crippen molar-refractivity contribution in [1.82, 2.24) is 9.97 Å². The number of nitrogens with zero attached hydrogens (tertiary/aromatic N) is 2. The standard InChI is InChI=1S/C12H9F3N2/c1-8-7-9(12(13,14)15)3-4-10(8)11-16-5-2-6-17-11/h2-7H,1H3. The van der Waals surface area contributed by atoms with Gasteiger partial charge >= 0.3 is 6.18 Å². The lowest BCUT2D eigenvalue weighted by atomic mass is 10.0. The number of rotatable bonds is 1. The van der Waals surface area contributed by atoms with Crippen LogP contribution in [0.1, 0.15) is 11.1 Å². The van der Waals surface area contributed by atoms with Gasteiger partial charge in [-0.05, 0) is 30.7 Å². The van der Waals surface area contributed by atoms with Crippen LogP contribution in [-0.2, 0) is 6.18 Å². The van der Waals surface area contributed by atoms with E-state index in [2.05, 4.69) is 9.97 Å². The van der Waals surface area contributed by atoms with Crippen LogP contribution < -0.4 is 0 Å². The Kier molecular flexibility index (Phi) is 2.83. The van der Waals surface area contributed by atoms with Crippen LogP contribution in [0, 0.1) is 6.92 Å². The number of aromatic nitrogens is 2. The third-order valence-electron chi connectivity index (χ3n) is 2.36. The zero-order chi connectivity index (χ0) is 12.5. The van der Waals surface area contributed by atoms with Crippen LogP contribution in [0.15, 0.2) is 36.7 Å². The number of benzene rings is 1. The quantitative estimate of drug-likeness (QED) is 0.760. The Morgan fingerprint density at radius 1 is 1.06 bits per heavy atom. The van der Waals surface area contributed by atoms with E-state index in [1.165, 1.54) is 6.07 Å².